The van der Waals surface area contributed by atoms with E-state index in [9.17, 15) is 4.79 Å². The molecule has 0 spiro atoms. The van der Waals surface area contributed by atoms with E-state index in [2.05, 4.69) is 15.5 Å². The molecule has 0 bridgehead atoms. The van der Waals surface area contributed by atoms with Gasteiger partial charge in [-0.3, -0.25) is 9.20 Å². The number of carbonyl (C=O) groups is 1. The van der Waals surface area contributed by atoms with Crippen LogP contribution in [0.1, 0.15) is 21.7 Å². The van der Waals surface area contributed by atoms with Crippen LogP contribution < -0.4 is 10.1 Å². The number of aryl methyl sites for hydroxylation is 1. The number of amides is 1. The maximum atomic E-state index is 12.4. The number of hydrogen-bond acceptors (Lipinski definition) is 4. The fourth-order valence-corrected chi connectivity index (χ4v) is 2.62. The molecule has 3 aromatic rings. The van der Waals surface area contributed by atoms with Crippen molar-refractivity contribution in [2.75, 3.05) is 11.9 Å². The zero-order valence-corrected chi connectivity index (χ0v) is 12.0. The highest BCUT2D eigenvalue weighted by atomic mass is 16.5. The Hall–Kier alpha value is -2.89. The summed E-state index contributed by atoms with van der Waals surface area (Å²) in [5, 5.41) is 10.9. The predicted octanol–water partition coefficient (Wildman–Crippen LogP) is 2.22. The van der Waals surface area contributed by atoms with Gasteiger partial charge in [0.1, 0.15) is 11.6 Å². The van der Waals surface area contributed by atoms with Gasteiger partial charge in [-0.15, -0.1) is 10.2 Å². The summed E-state index contributed by atoms with van der Waals surface area (Å²) in [5.74, 6) is 1.53. The molecule has 1 amide bonds. The van der Waals surface area contributed by atoms with Gasteiger partial charge in [0.25, 0.3) is 5.91 Å². The third-order valence-corrected chi connectivity index (χ3v) is 3.79. The van der Waals surface area contributed by atoms with Crippen LogP contribution in [0.5, 0.6) is 5.75 Å². The zero-order chi connectivity index (χ0) is 15.1. The lowest BCUT2D eigenvalue weighted by molar-refractivity contribution is 0.102. The van der Waals surface area contributed by atoms with Crippen molar-refractivity contribution in [1.29, 1.82) is 0 Å². The van der Waals surface area contributed by atoms with Gasteiger partial charge in [-0.05, 0) is 42.8 Å². The number of benzene rings is 1. The number of aromatic nitrogens is 3. The van der Waals surface area contributed by atoms with Gasteiger partial charge in [-0.25, -0.2) is 0 Å². The molecular formula is C16H14N4O2. The molecule has 0 saturated carbocycles. The average molecular weight is 294 g/mol. The Labute approximate surface area is 126 Å². The second-order valence-electron chi connectivity index (χ2n) is 5.27. The fourth-order valence-electron chi connectivity index (χ4n) is 2.62. The number of ether oxygens (including phenoxy) is 1. The van der Waals surface area contributed by atoms with E-state index in [4.69, 9.17) is 4.74 Å². The molecule has 22 heavy (non-hydrogen) atoms. The normalized spacial score (nSPS) is 13.0. The van der Waals surface area contributed by atoms with Crippen molar-refractivity contribution < 1.29 is 9.53 Å². The first-order valence-corrected chi connectivity index (χ1v) is 7.09. The van der Waals surface area contributed by atoms with Crippen LogP contribution in [0.25, 0.3) is 5.65 Å². The van der Waals surface area contributed by atoms with E-state index in [0.29, 0.717) is 17.8 Å². The minimum atomic E-state index is -0.165. The van der Waals surface area contributed by atoms with Crippen LogP contribution in [0.4, 0.5) is 5.69 Å². The molecule has 0 atom stereocenters. The molecule has 6 nitrogen and oxygen atoms in total. The number of fused-ring (bicyclic) bond motifs is 2. The zero-order valence-electron chi connectivity index (χ0n) is 12.0. The molecule has 4 rings (SSSR count). The van der Waals surface area contributed by atoms with Crippen LogP contribution in [0.15, 0.2) is 36.5 Å². The Bertz CT molecular complexity index is 885. The largest absolute Gasteiger partial charge is 0.493 e. The number of pyridine rings is 1. The predicted molar refractivity (Wildman–Crippen MR) is 81.3 cm³/mol. The highest BCUT2D eigenvalue weighted by Crippen LogP contribution is 2.28. The summed E-state index contributed by atoms with van der Waals surface area (Å²) in [4.78, 5) is 12.4. The van der Waals surface area contributed by atoms with Gasteiger partial charge in [0.15, 0.2) is 5.65 Å². The molecule has 3 heterocycles. The van der Waals surface area contributed by atoms with E-state index in [-0.39, 0.29) is 5.91 Å². The van der Waals surface area contributed by atoms with Crippen LogP contribution in [0, 0.1) is 6.92 Å². The van der Waals surface area contributed by atoms with Gasteiger partial charge in [0, 0.05) is 23.9 Å². The van der Waals surface area contributed by atoms with E-state index < -0.39 is 0 Å². The van der Waals surface area contributed by atoms with Crippen molar-refractivity contribution in [3.8, 4) is 5.75 Å². The maximum Gasteiger partial charge on any atom is 0.255 e. The molecule has 1 aliphatic heterocycles. The molecule has 0 aliphatic carbocycles. The smallest absolute Gasteiger partial charge is 0.255 e. The SMILES string of the molecule is Cc1nnc2cc(C(=O)Nc3ccc4c(c3)CCO4)ccn12. The molecule has 0 saturated heterocycles. The lowest BCUT2D eigenvalue weighted by atomic mass is 10.1. The molecule has 1 N–H and O–H groups in total. The molecule has 1 aliphatic rings. The Balaban J connectivity index is 1.60. The molecular weight excluding hydrogens is 280 g/mol. The van der Waals surface area contributed by atoms with Crippen LogP contribution in [-0.4, -0.2) is 27.1 Å². The van der Waals surface area contributed by atoms with E-state index >= 15 is 0 Å². The first-order chi connectivity index (χ1) is 10.7. The molecule has 0 fully saturated rings. The quantitative estimate of drug-likeness (QED) is 0.787. The van der Waals surface area contributed by atoms with Crippen LogP contribution >= 0.6 is 0 Å². The van der Waals surface area contributed by atoms with Gasteiger partial charge in [0.2, 0.25) is 0 Å². The summed E-state index contributed by atoms with van der Waals surface area (Å²) in [6.45, 7) is 2.57. The molecule has 110 valence electrons. The van der Waals surface area contributed by atoms with Gasteiger partial charge in [-0.2, -0.15) is 0 Å². The lowest BCUT2D eigenvalue weighted by Gasteiger charge is -2.07. The molecule has 6 heteroatoms. The Morgan fingerprint density at radius 1 is 1.27 bits per heavy atom. The minimum absolute atomic E-state index is 0.165. The minimum Gasteiger partial charge on any atom is -0.493 e. The van der Waals surface area contributed by atoms with Crippen molar-refractivity contribution in [2.45, 2.75) is 13.3 Å². The summed E-state index contributed by atoms with van der Waals surface area (Å²) in [6, 6.07) is 9.19. The molecule has 0 unspecified atom stereocenters. The van der Waals surface area contributed by atoms with E-state index in [0.717, 1.165) is 29.2 Å². The number of nitrogens with one attached hydrogen (secondary N) is 1. The van der Waals surface area contributed by atoms with Crippen LogP contribution in [0.2, 0.25) is 0 Å². The Morgan fingerprint density at radius 3 is 3.09 bits per heavy atom. The van der Waals surface area contributed by atoms with Crippen molar-refractivity contribution in [1.82, 2.24) is 14.6 Å². The van der Waals surface area contributed by atoms with Crippen molar-refractivity contribution >= 4 is 17.2 Å². The Kier molecular flexibility index (Phi) is 2.82. The summed E-state index contributed by atoms with van der Waals surface area (Å²) >= 11 is 0. The topological polar surface area (TPSA) is 68.5 Å². The second-order valence-corrected chi connectivity index (χ2v) is 5.27. The van der Waals surface area contributed by atoms with Gasteiger partial charge < -0.3 is 10.1 Å². The summed E-state index contributed by atoms with van der Waals surface area (Å²) in [5.41, 5.74) is 3.11. The van der Waals surface area contributed by atoms with E-state index in [1.165, 1.54) is 0 Å². The van der Waals surface area contributed by atoms with Crippen molar-refractivity contribution in [3.05, 3.63) is 53.5 Å². The summed E-state index contributed by atoms with van der Waals surface area (Å²) in [7, 11) is 0. The highest BCUT2D eigenvalue weighted by Gasteiger charge is 2.14. The fraction of sp³-hybridized carbons (Fsp3) is 0.188. The molecule has 2 aromatic heterocycles. The van der Waals surface area contributed by atoms with Gasteiger partial charge >= 0.3 is 0 Å². The monoisotopic (exact) mass is 294 g/mol. The van der Waals surface area contributed by atoms with E-state index in [1.54, 1.807) is 18.3 Å². The van der Waals surface area contributed by atoms with Crippen molar-refractivity contribution in [3.63, 3.8) is 0 Å². The second kappa shape index (κ2) is 4.84. The summed E-state index contributed by atoms with van der Waals surface area (Å²) in [6.07, 6.45) is 2.68. The molecule has 1 aromatic carbocycles. The Morgan fingerprint density at radius 2 is 2.18 bits per heavy atom. The third-order valence-electron chi connectivity index (χ3n) is 3.79. The standard InChI is InChI=1S/C16H14N4O2/c1-10-18-19-15-9-12(4-6-20(10)15)16(21)17-13-2-3-14-11(8-13)5-7-22-14/h2-4,6,8-9H,5,7H2,1H3,(H,17,21). The van der Waals surface area contributed by atoms with Crippen LogP contribution in [-0.2, 0) is 6.42 Å². The van der Waals surface area contributed by atoms with Gasteiger partial charge in [0.05, 0.1) is 6.61 Å². The van der Waals surface area contributed by atoms with Gasteiger partial charge in [-0.1, -0.05) is 0 Å². The highest BCUT2D eigenvalue weighted by molar-refractivity contribution is 6.04. The number of anilines is 1. The van der Waals surface area contributed by atoms with E-state index in [1.807, 2.05) is 29.5 Å². The van der Waals surface area contributed by atoms with Crippen LogP contribution in [0.3, 0.4) is 0 Å². The first-order valence-electron chi connectivity index (χ1n) is 7.09. The number of hydrogen-bond donors (Lipinski definition) is 1. The summed E-state index contributed by atoms with van der Waals surface area (Å²) < 4.78 is 7.30. The first kappa shape index (κ1) is 12.8. The maximum absolute atomic E-state index is 12.4. The molecule has 0 radical (unpaired) electrons. The number of nitrogens with zero attached hydrogens (tertiary/aromatic N) is 3. The van der Waals surface area contributed by atoms with Crippen molar-refractivity contribution in [2.24, 2.45) is 0 Å². The average Bonchev–Trinajstić information content (AvgIpc) is 3.13. The lowest BCUT2D eigenvalue weighted by Crippen LogP contribution is -2.12. The third kappa shape index (κ3) is 2.09. The number of carbonyl (C=O) groups excluding carboxylic acids is 1. The number of rotatable bonds is 2.